The minimum Gasteiger partial charge on any atom is -0.369 e. The Bertz CT molecular complexity index is 6810. The van der Waals surface area contributed by atoms with Gasteiger partial charge >= 0.3 is 0 Å². The fourth-order valence-electron chi connectivity index (χ4n) is 14.0. The molecule has 0 amide bonds. The van der Waals surface area contributed by atoms with Crippen LogP contribution in [0.2, 0.25) is 0 Å². The molecule has 1 aliphatic rings. The summed E-state index contributed by atoms with van der Waals surface area (Å²) in [6, 6.07) is 34.2. The van der Waals surface area contributed by atoms with E-state index >= 15 is 0 Å². The zero-order valence-electron chi connectivity index (χ0n) is 61.9. The van der Waals surface area contributed by atoms with Gasteiger partial charge in [-0.15, -0.1) is 0 Å². The summed E-state index contributed by atoms with van der Waals surface area (Å²) in [6.45, 7) is 8.21. The molecule has 0 bridgehead atoms. The lowest BCUT2D eigenvalue weighted by atomic mass is 9.98. The van der Waals surface area contributed by atoms with Gasteiger partial charge in [0.2, 0.25) is 0 Å². The molecule has 1 fully saturated rings. The van der Waals surface area contributed by atoms with Gasteiger partial charge in [-0.2, -0.15) is 10.2 Å². The van der Waals surface area contributed by atoms with Crippen LogP contribution >= 0.6 is 0 Å². The van der Waals surface area contributed by atoms with Crippen molar-refractivity contribution in [3.8, 4) is 101 Å². The second-order valence-electron chi connectivity index (χ2n) is 27.2. The van der Waals surface area contributed by atoms with Crippen LogP contribution in [-0.4, -0.2) is 128 Å². The quantitative estimate of drug-likeness (QED) is 0.0694. The average molecular weight is 1580 g/mol. The van der Waals surface area contributed by atoms with Crippen molar-refractivity contribution in [3.63, 3.8) is 0 Å². The first-order valence-electron chi connectivity index (χ1n) is 36.4. The molecular formula is C85H62F8N20O4. The standard InChI is InChI=1S/C28H25F2N5O.C20H14F2N6O.C20H12F2N6O.C17H11F2N3O/c1-17-25(21-4-3-5-24(29)26(21)30)27(36-33-17)23-16-32-28-22(23)14-19(15-31-28)18-6-8-20(9-7-18)35-12-10-34(2)11-13-35;2*21-17-3-1-2-13(18(17)22)16-9-27-29-19(16)15-8-25-20-14(15)6-12(7-24-20)4-5-28-11-23-10-26-28;1-9-14(11-4-2-6-13(18)15(11)19)16(23-22-9)12-8-21-17-10(12)5-3-7-20-17/h3-9,14-16H,10-13H2,1-2H3,(H,31,32);1-3,6-11H,4-5H2,(H,24,25);1-11H,(H,24,25);2-8H,1H3,(H,20,21)/b;;5-4+;. The summed E-state index contributed by atoms with van der Waals surface area (Å²) >= 11 is 0. The van der Waals surface area contributed by atoms with Gasteiger partial charge in [-0.05, 0) is 117 Å². The number of hydrogen-bond acceptors (Lipinski definition) is 18. The van der Waals surface area contributed by atoms with Crippen molar-refractivity contribution in [3.05, 3.63) is 284 Å². The topological polar surface area (TPSA) is 287 Å². The molecule has 14 aromatic heterocycles. The van der Waals surface area contributed by atoms with Crippen molar-refractivity contribution in [1.29, 1.82) is 0 Å². The smallest absolute Gasteiger partial charge is 0.177 e. The molecule has 4 N–H and O–H groups in total. The highest BCUT2D eigenvalue weighted by Gasteiger charge is 2.28. The van der Waals surface area contributed by atoms with E-state index in [1.165, 1.54) is 79.3 Å². The van der Waals surface area contributed by atoms with Gasteiger partial charge in [0.05, 0.1) is 46.0 Å². The second kappa shape index (κ2) is 32.2. The van der Waals surface area contributed by atoms with E-state index in [9.17, 15) is 35.1 Å². The summed E-state index contributed by atoms with van der Waals surface area (Å²) in [6.07, 6.45) is 27.1. The number of rotatable bonds is 15. The number of aryl methyl sites for hydroxylation is 4. The minimum atomic E-state index is -0.952. The Balaban J connectivity index is 0.000000113. The molecule has 19 aromatic rings. The molecule has 32 heteroatoms. The zero-order valence-corrected chi connectivity index (χ0v) is 61.9. The predicted octanol–water partition coefficient (Wildman–Crippen LogP) is 18.7. The summed E-state index contributed by atoms with van der Waals surface area (Å²) in [4.78, 5) is 42.5. The van der Waals surface area contributed by atoms with Crippen molar-refractivity contribution in [1.82, 2.24) is 94.9 Å². The van der Waals surface area contributed by atoms with E-state index in [4.69, 9.17) is 18.1 Å². The van der Waals surface area contributed by atoms with Crippen LogP contribution in [0.3, 0.4) is 0 Å². The molecule has 0 atom stereocenters. The minimum absolute atomic E-state index is 0.0748. The number of H-pyrrole nitrogens is 4. The van der Waals surface area contributed by atoms with Crippen LogP contribution in [0, 0.1) is 60.4 Å². The molecular weight excluding hydrogens is 1520 g/mol. The van der Waals surface area contributed by atoms with Crippen LogP contribution in [0.25, 0.3) is 157 Å². The third kappa shape index (κ3) is 15.0. The number of likely N-dealkylation sites (N-methyl/N-ethyl adjacent to an activating group) is 1. The lowest BCUT2D eigenvalue weighted by Gasteiger charge is -2.34. The highest BCUT2D eigenvalue weighted by Crippen LogP contribution is 2.44. The average Bonchev–Trinajstić information content (AvgIpc) is 1.62. The van der Waals surface area contributed by atoms with E-state index in [0.717, 1.165) is 94.2 Å². The molecule has 582 valence electrons. The van der Waals surface area contributed by atoms with Gasteiger partial charge in [0.25, 0.3) is 0 Å². The van der Waals surface area contributed by atoms with Gasteiger partial charge in [0.1, 0.15) is 47.9 Å². The number of halogens is 8. The first-order valence-corrected chi connectivity index (χ1v) is 36.4. The molecule has 0 spiro atoms. The van der Waals surface area contributed by atoms with Gasteiger partial charge in [-0.25, -0.2) is 69.7 Å². The number of piperazine rings is 1. The first kappa shape index (κ1) is 74.7. The molecule has 5 aromatic carbocycles. The Labute approximate surface area is 656 Å². The third-order valence-electron chi connectivity index (χ3n) is 19.9. The molecule has 1 saturated heterocycles. The fourth-order valence-corrected chi connectivity index (χ4v) is 14.0. The fraction of sp³-hybridized carbons (Fsp3) is 0.106. The van der Waals surface area contributed by atoms with E-state index in [2.05, 4.69) is 122 Å². The number of nitrogens with one attached hydrogen (secondary N) is 4. The number of aromatic amines is 4. The van der Waals surface area contributed by atoms with Crippen LogP contribution in [0.1, 0.15) is 22.5 Å². The van der Waals surface area contributed by atoms with Crippen LogP contribution in [0.15, 0.2) is 233 Å². The lowest BCUT2D eigenvalue weighted by Crippen LogP contribution is -2.44. The predicted molar refractivity (Wildman–Crippen MR) is 421 cm³/mol. The SMILES string of the molecule is Cc1noc(-c2c[nH]c3ncc(-c4ccc(N5CCN(C)CC5)cc4)cc23)c1-c1cccc(F)c1F.Cc1noc(-c2c[nH]c3ncccc23)c1-c1cccc(F)c1F.Fc1cccc(-c2cnoc2-c2c[nH]c3ncc(/C=C/n4cncn4)cc23)c1F.Fc1cccc(-c2cnoc2-c2c[nH]c3ncc(CCn4cncn4)cc23)c1F. The maximum absolute atomic E-state index is 14.7. The van der Waals surface area contributed by atoms with E-state index in [1.54, 1.807) is 91.5 Å². The van der Waals surface area contributed by atoms with Crippen molar-refractivity contribution >= 4 is 62.1 Å². The van der Waals surface area contributed by atoms with Crippen LogP contribution in [0.4, 0.5) is 40.8 Å². The summed E-state index contributed by atoms with van der Waals surface area (Å²) in [7, 11) is 2.15. The Morgan fingerprint density at radius 3 is 1.46 bits per heavy atom. The van der Waals surface area contributed by atoms with Crippen molar-refractivity contribution < 1.29 is 53.2 Å². The van der Waals surface area contributed by atoms with E-state index < -0.39 is 46.5 Å². The molecule has 0 unspecified atom stereocenters. The van der Waals surface area contributed by atoms with Crippen molar-refractivity contribution in [2.75, 3.05) is 38.1 Å². The van der Waals surface area contributed by atoms with E-state index in [0.29, 0.717) is 114 Å². The van der Waals surface area contributed by atoms with Gasteiger partial charge in [0.15, 0.2) is 69.6 Å². The van der Waals surface area contributed by atoms with Crippen molar-refractivity contribution in [2.24, 2.45) is 0 Å². The molecule has 20 rings (SSSR count). The largest absolute Gasteiger partial charge is 0.369 e. The number of benzene rings is 5. The Kier molecular flexibility index (Phi) is 20.5. The summed E-state index contributed by atoms with van der Waals surface area (Å²) in [5.74, 6) is -6.01. The number of anilines is 1. The summed E-state index contributed by atoms with van der Waals surface area (Å²) in [5, 5.41) is 26.9. The van der Waals surface area contributed by atoms with E-state index in [1.807, 2.05) is 36.5 Å². The molecule has 24 nitrogen and oxygen atoms in total. The van der Waals surface area contributed by atoms with Gasteiger partial charge in [-0.1, -0.05) is 81.3 Å². The number of hydrogen-bond donors (Lipinski definition) is 4. The normalized spacial score (nSPS) is 12.4. The number of pyridine rings is 4. The highest BCUT2D eigenvalue weighted by atomic mass is 19.2. The Hall–Kier alpha value is -15.1. The number of nitrogens with zero attached hydrogens (tertiary/aromatic N) is 16. The molecule has 15 heterocycles. The maximum Gasteiger partial charge on any atom is 0.177 e. The van der Waals surface area contributed by atoms with Crippen molar-refractivity contribution in [2.45, 2.75) is 26.8 Å². The van der Waals surface area contributed by atoms with Crippen LogP contribution < -0.4 is 4.90 Å². The zero-order chi connectivity index (χ0) is 80.4. The first-order chi connectivity index (χ1) is 57.1. The van der Waals surface area contributed by atoms with Crippen LogP contribution in [-0.2, 0) is 13.0 Å². The van der Waals surface area contributed by atoms with Gasteiger partial charge < -0.3 is 47.8 Å². The van der Waals surface area contributed by atoms with Crippen LogP contribution in [0.5, 0.6) is 0 Å². The maximum atomic E-state index is 14.7. The number of fused-ring (bicyclic) bond motifs is 4. The monoisotopic (exact) mass is 1580 g/mol. The Morgan fingerprint density at radius 2 is 0.915 bits per heavy atom. The third-order valence-corrected chi connectivity index (χ3v) is 19.9. The number of aromatic nitrogens is 18. The highest BCUT2D eigenvalue weighted by molar-refractivity contribution is 6.01. The summed E-state index contributed by atoms with van der Waals surface area (Å²) in [5.41, 5.74) is 13.3. The Morgan fingerprint density at radius 1 is 0.427 bits per heavy atom. The molecule has 0 saturated carbocycles. The molecule has 0 aliphatic carbocycles. The summed E-state index contributed by atoms with van der Waals surface area (Å²) < 4.78 is 138. The molecule has 0 radical (unpaired) electrons. The molecule has 117 heavy (non-hydrogen) atoms. The second-order valence-corrected chi connectivity index (χ2v) is 27.2. The van der Waals surface area contributed by atoms with Gasteiger partial charge in [-0.3, -0.25) is 4.68 Å². The van der Waals surface area contributed by atoms with E-state index in [-0.39, 0.29) is 22.3 Å². The molecule has 1 aliphatic heterocycles. The van der Waals surface area contributed by atoms with Gasteiger partial charge in [0, 0.05) is 166 Å². The lowest BCUT2D eigenvalue weighted by molar-refractivity contribution is 0.313.